The van der Waals surface area contributed by atoms with Crippen molar-refractivity contribution >= 4 is 11.6 Å². The van der Waals surface area contributed by atoms with Gasteiger partial charge in [-0.15, -0.1) is 0 Å². The van der Waals surface area contributed by atoms with Crippen LogP contribution in [0, 0.1) is 16.7 Å². The van der Waals surface area contributed by atoms with Crippen molar-refractivity contribution in [1.29, 1.82) is 0 Å². The van der Waals surface area contributed by atoms with E-state index < -0.39 is 22.3 Å². The van der Waals surface area contributed by atoms with Crippen LogP contribution in [0.15, 0.2) is 21.6 Å². The minimum atomic E-state index is -1.13. The molecule has 0 N–H and O–H groups in total. The van der Waals surface area contributed by atoms with Gasteiger partial charge in [0.25, 0.3) is 0 Å². The standard InChI is InChI=1S/C16H24N2O3/c1-14(2,3)10-11(19)9-8-17-18-16(9,15(4,5)6)13(20)12(10)21-7/h9H,8H2,1-7H3. The van der Waals surface area contributed by atoms with E-state index in [4.69, 9.17) is 4.74 Å². The molecule has 1 heterocycles. The lowest BCUT2D eigenvalue weighted by Gasteiger charge is -2.45. The normalized spacial score (nSPS) is 30.0. The maximum Gasteiger partial charge on any atom is 0.228 e. The average Bonchev–Trinajstić information content (AvgIpc) is 2.77. The van der Waals surface area contributed by atoms with Crippen LogP contribution in [0.4, 0.5) is 0 Å². The number of azo groups is 1. The maximum atomic E-state index is 13.1. The summed E-state index contributed by atoms with van der Waals surface area (Å²) in [6.07, 6.45) is 0. The van der Waals surface area contributed by atoms with Crippen LogP contribution in [0.1, 0.15) is 41.5 Å². The molecule has 0 saturated carbocycles. The molecule has 0 aromatic rings. The van der Waals surface area contributed by atoms with E-state index in [9.17, 15) is 9.59 Å². The monoisotopic (exact) mass is 292 g/mol. The first kappa shape index (κ1) is 15.9. The SMILES string of the molecule is COC1=C(C(C)(C)C)C(=O)C2CN=NC2(C(C)(C)C)C1=O. The van der Waals surface area contributed by atoms with E-state index in [0.717, 1.165) is 0 Å². The van der Waals surface area contributed by atoms with Crippen LogP contribution in [0.25, 0.3) is 0 Å². The van der Waals surface area contributed by atoms with Gasteiger partial charge < -0.3 is 4.74 Å². The molecule has 0 bridgehead atoms. The van der Waals surface area contributed by atoms with Crippen molar-refractivity contribution in [2.45, 2.75) is 47.1 Å². The molecule has 0 aromatic heterocycles. The maximum absolute atomic E-state index is 13.1. The number of hydrogen-bond donors (Lipinski definition) is 0. The van der Waals surface area contributed by atoms with Gasteiger partial charge in [-0.05, 0) is 10.8 Å². The Morgan fingerprint density at radius 1 is 1.14 bits per heavy atom. The third-order valence-electron chi connectivity index (χ3n) is 4.44. The van der Waals surface area contributed by atoms with Crippen LogP contribution in [-0.2, 0) is 14.3 Å². The number of rotatable bonds is 1. The fourth-order valence-corrected chi connectivity index (χ4v) is 3.40. The van der Waals surface area contributed by atoms with Crippen molar-refractivity contribution < 1.29 is 14.3 Å². The van der Waals surface area contributed by atoms with E-state index in [1.54, 1.807) is 0 Å². The number of carbonyl (C=O) groups excluding carboxylic acids is 2. The van der Waals surface area contributed by atoms with Gasteiger partial charge in [0, 0.05) is 5.57 Å². The summed E-state index contributed by atoms with van der Waals surface area (Å²) in [5, 5.41) is 8.30. The van der Waals surface area contributed by atoms with E-state index >= 15 is 0 Å². The van der Waals surface area contributed by atoms with E-state index in [1.807, 2.05) is 41.5 Å². The molecule has 5 heteroatoms. The number of ketones is 2. The minimum absolute atomic E-state index is 0.0566. The summed E-state index contributed by atoms with van der Waals surface area (Å²) in [5.41, 5.74) is -1.63. The molecule has 116 valence electrons. The predicted molar refractivity (Wildman–Crippen MR) is 78.9 cm³/mol. The highest BCUT2D eigenvalue weighted by molar-refractivity contribution is 6.17. The molecule has 2 unspecified atom stereocenters. The number of fused-ring (bicyclic) bond motifs is 1. The molecule has 2 atom stereocenters. The zero-order valence-corrected chi connectivity index (χ0v) is 13.9. The van der Waals surface area contributed by atoms with E-state index in [-0.39, 0.29) is 23.9 Å². The van der Waals surface area contributed by atoms with Crippen LogP contribution in [0.5, 0.6) is 0 Å². The largest absolute Gasteiger partial charge is 0.492 e. The van der Waals surface area contributed by atoms with Crippen LogP contribution in [0.2, 0.25) is 0 Å². The molecule has 1 aliphatic heterocycles. The molecule has 1 aliphatic carbocycles. The minimum Gasteiger partial charge on any atom is -0.492 e. The van der Waals surface area contributed by atoms with Gasteiger partial charge >= 0.3 is 0 Å². The number of ether oxygens (including phenoxy) is 1. The topological polar surface area (TPSA) is 68.1 Å². The lowest BCUT2D eigenvalue weighted by molar-refractivity contribution is -0.138. The van der Waals surface area contributed by atoms with Gasteiger partial charge in [-0.3, -0.25) is 9.59 Å². The summed E-state index contributed by atoms with van der Waals surface area (Å²) in [5.74, 6) is -0.634. The molecule has 0 saturated heterocycles. The Morgan fingerprint density at radius 3 is 2.14 bits per heavy atom. The average molecular weight is 292 g/mol. The summed E-state index contributed by atoms with van der Waals surface area (Å²) < 4.78 is 5.35. The van der Waals surface area contributed by atoms with Crippen LogP contribution >= 0.6 is 0 Å². The highest BCUT2D eigenvalue weighted by atomic mass is 16.5. The first-order valence-corrected chi connectivity index (χ1v) is 7.25. The Morgan fingerprint density at radius 2 is 1.71 bits per heavy atom. The quantitative estimate of drug-likeness (QED) is 0.746. The Kier molecular flexibility index (Phi) is 3.39. The Balaban J connectivity index is 2.76. The van der Waals surface area contributed by atoms with Gasteiger partial charge in [-0.1, -0.05) is 41.5 Å². The van der Waals surface area contributed by atoms with Crippen molar-refractivity contribution in [3.05, 3.63) is 11.3 Å². The number of nitrogens with zero attached hydrogens (tertiary/aromatic N) is 2. The molecule has 0 amide bonds. The third-order valence-corrected chi connectivity index (χ3v) is 4.44. The molecule has 2 aliphatic rings. The smallest absolute Gasteiger partial charge is 0.228 e. The Labute approximate surface area is 125 Å². The first-order chi connectivity index (χ1) is 9.48. The van der Waals surface area contributed by atoms with E-state index in [2.05, 4.69) is 10.2 Å². The molecule has 2 rings (SSSR count). The summed E-state index contributed by atoms with van der Waals surface area (Å²) in [6, 6.07) is 0. The predicted octanol–water partition coefficient (Wildman–Crippen LogP) is 2.95. The number of Topliss-reactive ketones (excluding diaryl/α,β-unsaturated/α-hetero) is 2. The fourth-order valence-electron chi connectivity index (χ4n) is 3.40. The van der Waals surface area contributed by atoms with Gasteiger partial charge in [-0.2, -0.15) is 10.2 Å². The highest BCUT2D eigenvalue weighted by Crippen LogP contribution is 2.52. The lowest BCUT2D eigenvalue weighted by Crippen LogP contribution is -2.59. The number of methoxy groups -OCH3 is 1. The Hall–Kier alpha value is -1.52. The number of hydrogen-bond acceptors (Lipinski definition) is 5. The van der Waals surface area contributed by atoms with Crippen molar-refractivity contribution in [3.8, 4) is 0 Å². The number of allylic oxidation sites excluding steroid dienone is 1. The van der Waals surface area contributed by atoms with Crippen molar-refractivity contribution in [3.63, 3.8) is 0 Å². The molecular formula is C16H24N2O3. The molecular weight excluding hydrogens is 268 g/mol. The van der Waals surface area contributed by atoms with Crippen molar-refractivity contribution in [2.75, 3.05) is 13.7 Å². The van der Waals surface area contributed by atoms with Crippen molar-refractivity contribution in [1.82, 2.24) is 0 Å². The van der Waals surface area contributed by atoms with E-state index in [1.165, 1.54) is 7.11 Å². The van der Waals surface area contributed by atoms with Crippen LogP contribution < -0.4 is 0 Å². The molecule has 21 heavy (non-hydrogen) atoms. The highest BCUT2D eigenvalue weighted by Gasteiger charge is 2.64. The third kappa shape index (κ3) is 1.97. The molecule has 5 nitrogen and oxygen atoms in total. The van der Waals surface area contributed by atoms with Gasteiger partial charge in [0.05, 0.1) is 19.6 Å². The van der Waals surface area contributed by atoms with E-state index in [0.29, 0.717) is 5.57 Å². The number of carbonyl (C=O) groups is 2. The van der Waals surface area contributed by atoms with Crippen LogP contribution in [0.3, 0.4) is 0 Å². The fraction of sp³-hybridized carbons (Fsp3) is 0.750. The summed E-state index contributed by atoms with van der Waals surface area (Å²) in [4.78, 5) is 26.1. The first-order valence-electron chi connectivity index (χ1n) is 7.25. The molecule has 0 spiro atoms. The molecule has 0 aromatic carbocycles. The second-order valence-corrected chi connectivity index (χ2v) is 7.84. The second-order valence-electron chi connectivity index (χ2n) is 7.84. The summed E-state index contributed by atoms with van der Waals surface area (Å²) in [6.45, 7) is 11.8. The van der Waals surface area contributed by atoms with Gasteiger partial charge in [0.15, 0.2) is 17.1 Å². The second kappa shape index (κ2) is 4.49. The molecule has 0 fully saturated rings. The Bertz CT molecular complexity index is 561. The van der Waals surface area contributed by atoms with Crippen LogP contribution in [-0.4, -0.2) is 30.8 Å². The zero-order valence-electron chi connectivity index (χ0n) is 13.9. The van der Waals surface area contributed by atoms with Gasteiger partial charge in [0.2, 0.25) is 5.78 Å². The zero-order chi connectivity index (χ0) is 16.2. The summed E-state index contributed by atoms with van der Waals surface area (Å²) in [7, 11) is 1.44. The summed E-state index contributed by atoms with van der Waals surface area (Å²) >= 11 is 0. The van der Waals surface area contributed by atoms with Crippen molar-refractivity contribution in [2.24, 2.45) is 27.0 Å². The van der Waals surface area contributed by atoms with Gasteiger partial charge in [-0.25, -0.2) is 0 Å². The van der Waals surface area contributed by atoms with Gasteiger partial charge in [0.1, 0.15) is 0 Å². The lowest BCUT2D eigenvalue weighted by atomic mass is 9.58. The molecule has 0 radical (unpaired) electrons.